The first-order chi connectivity index (χ1) is 13.7. The minimum atomic E-state index is 0.00309. The fourth-order valence-corrected chi connectivity index (χ4v) is 4.45. The lowest BCUT2D eigenvalue weighted by molar-refractivity contribution is 0.0766. The number of nitrogens with one attached hydrogen (secondary N) is 1. The molecule has 2 saturated heterocycles. The van der Waals surface area contributed by atoms with Crippen molar-refractivity contribution in [2.24, 2.45) is 0 Å². The molecule has 2 fully saturated rings. The molecule has 1 aromatic heterocycles. The Kier molecular flexibility index (Phi) is 5.85. The second kappa shape index (κ2) is 8.51. The normalized spacial score (nSPS) is 23.6. The van der Waals surface area contributed by atoms with Gasteiger partial charge in [0.15, 0.2) is 0 Å². The van der Waals surface area contributed by atoms with Gasteiger partial charge in [0.2, 0.25) is 0 Å². The Balaban J connectivity index is 1.32. The van der Waals surface area contributed by atoms with E-state index in [0.29, 0.717) is 18.2 Å². The maximum atomic E-state index is 12.7. The quantitative estimate of drug-likeness (QED) is 0.852. The largest absolute Gasteiger partial charge is 0.376 e. The lowest BCUT2D eigenvalue weighted by Crippen LogP contribution is -2.46. The Morgan fingerprint density at radius 1 is 1.21 bits per heavy atom. The van der Waals surface area contributed by atoms with Gasteiger partial charge in [-0.2, -0.15) is 5.10 Å². The first-order valence-corrected chi connectivity index (χ1v) is 10.7. The third-order valence-corrected chi connectivity index (χ3v) is 6.19. The summed E-state index contributed by atoms with van der Waals surface area (Å²) in [5, 5.41) is 7.75. The number of nitrogens with zero attached hydrogens (tertiary/aromatic N) is 4. The van der Waals surface area contributed by atoms with Crippen molar-refractivity contribution in [1.29, 1.82) is 0 Å². The van der Waals surface area contributed by atoms with Gasteiger partial charge in [0, 0.05) is 51.8 Å². The monoisotopic (exact) mass is 389 g/mol. The van der Waals surface area contributed by atoms with Crippen LogP contribution in [0.1, 0.15) is 61.1 Å². The van der Waals surface area contributed by atoms with E-state index < -0.39 is 0 Å². The predicted molar refractivity (Wildman–Crippen MR) is 104 cm³/mol. The SMILES string of the molecule is CCN1CCCn2nc(C3CCN(C(=O)NCC4CCCO4)CC3)cc2C1=O. The molecule has 1 aromatic rings. The number of urea groups is 1. The molecule has 1 unspecified atom stereocenters. The van der Waals surface area contributed by atoms with Crippen molar-refractivity contribution in [3.8, 4) is 0 Å². The van der Waals surface area contributed by atoms with Crippen LogP contribution in [0.15, 0.2) is 6.07 Å². The zero-order valence-electron chi connectivity index (χ0n) is 16.7. The van der Waals surface area contributed by atoms with Crippen LogP contribution >= 0.6 is 0 Å². The number of fused-ring (bicyclic) bond motifs is 1. The van der Waals surface area contributed by atoms with E-state index in [2.05, 4.69) is 5.32 Å². The molecular weight excluding hydrogens is 358 g/mol. The number of amides is 3. The number of ether oxygens (including phenoxy) is 1. The van der Waals surface area contributed by atoms with E-state index in [-0.39, 0.29) is 18.0 Å². The number of piperidine rings is 1. The number of carbonyl (C=O) groups is 2. The van der Waals surface area contributed by atoms with Gasteiger partial charge >= 0.3 is 6.03 Å². The van der Waals surface area contributed by atoms with Crippen LogP contribution in [0.25, 0.3) is 0 Å². The number of hydrogen-bond donors (Lipinski definition) is 1. The first kappa shape index (κ1) is 19.2. The lowest BCUT2D eigenvalue weighted by Gasteiger charge is -2.31. The highest BCUT2D eigenvalue weighted by Crippen LogP contribution is 2.28. The van der Waals surface area contributed by atoms with Crippen LogP contribution in [0.5, 0.6) is 0 Å². The van der Waals surface area contributed by atoms with E-state index in [4.69, 9.17) is 9.84 Å². The molecule has 0 saturated carbocycles. The smallest absolute Gasteiger partial charge is 0.317 e. The minimum Gasteiger partial charge on any atom is -0.376 e. The van der Waals surface area contributed by atoms with Gasteiger partial charge in [0.05, 0.1) is 11.8 Å². The van der Waals surface area contributed by atoms with Gasteiger partial charge in [-0.3, -0.25) is 9.48 Å². The van der Waals surface area contributed by atoms with Crippen molar-refractivity contribution in [3.05, 3.63) is 17.5 Å². The van der Waals surface area contributed by atoms with Crippen molar-refractivity contribution in [2.45, 2.75) is 57.6 Å². The molecule has 0 bridgehead atoms. The van der Waals surface area contributed by atoms with Crippen molar-refractivity contribution >= 4 is 11.9 Å². The van der Waals surface area contributed by atoms with Gasteiger partial charge in [-0.15, -0.1) is 0 Å². The molecule has 3 amide bonds. The molecule has 0 radical (unpaired) electrons. The van der Waals surface area contributed by atoms with Crippen LogP contribution in [-0.2, 0) is 11.3 Å². The van der Waals surface area contributed by atoms with Crippen molar-refractivity contribution in [3.63, 3.8) is 0 Å². The summed E-state index contributed by atoms with van der Waals surface area (Å²) >= 11 is 0. The van der Waals surface area contributed by atoms with Crippen molar-refractivity contribution < 1.29 is 14.3 Å². The summed E-state index contributed by atoms with van der Waals surface area (Å²) in [5.74, 6) is 0.397. The van der Waals surface area contributed by atoms with Crippen LogP contribution in [0.2, 0.25) is 0 Å². The lowest BCUT2D eigenvalue weighted by atomic mass is 9.93. The van der Waals surface area contributed by atoms with E-state index in [9.17, 15) is 9.59 Å². The Morgan fingerprint density at radius 3 is 2.75 bits per heavy atom. The van der Waals surface area contributed by atoms with Gasteiger partial charge in [-0.25, -0.2) is 4.79 Å². The molecule has 154 valence electrons. The van der Waals surface area contributed by atoms with Crippen LogP contribution in [0.4, 0.5) is 4.79 Å². The maximum absolute atomic E-state index is 12.7. The molecule has 0 aliphatic carbocycles. The molecule has 8 nitrogen and oxygen atoms in total. The third-order valence-electron chi connectivity index (χ3n) is 6.19. The zero-order chi connectivity index (χ0) is 19.5. The fraction of sp³-hybridized carbons (Fsp3) is 0.750. The Hall–Kier alpha value is -2.09. The molecule has 1 atom stereocenters. The molecule has 4 heterocycles. The highest BCUT2D eigenvalue weighted by atomic mass is 16.5. The van der Waals surface area contributed by atoms with Gasteiger partial charge in [-0.05, 0) is 45.1 Å². The van der Waals surface area contributed by atoms with Crippen molar-refractivity contribution in [1.82, 2.24) is 24.9 Å². The molecule has 8 heteroatoms. The average molecular weight is 390 g/mol. The number of aryl methyl sites for hydroxylation is 1. The van der Waals surface area contributed by atoms with E-state index in [1.165, 1.54) is 0 Å². The topological polar surface area (TPSA) is 79.7 Å². The van der Waals surface area contributed by atoms with Gasteiger partial charge in [0.1, 0.15) is 5.69 Å². The number of likely N-dealkylation sites (tertiary alicyclic amines) is 1. The van der Waals surface area contributed by atoms with E-state index in [0.717, 1.165) is 77.1 Å². The molecule has 1 N–H and O–H groups in total. The molecule has 0 spiro atoms. The fourth-order valence-electron chi connectivity index (χ4n) is 4.45. The summed E-state index contributed by atoms with van der Waals surface area (Å²) in [5.41, 5.74) is 1.71. The summed E-state index contributed by atoms with van der Waals surface area (Å²) in [4.78, 5) is 28.9. The molecular formula is C20H31N5O3. The Bertz CT molecular complexity index is 705. The molecule has 3 aliphatic rings. The van der Waals surface area contributed by atoms with Crippen LogP contribution in [0.3, 0.4) is 0 Å². The summed E-state index contributed by atoms with van der Waals surface area (Å²) in [6.45, 7) is 7.19. The standard InChI is InChI=1S/C20H31N5O3/c1-2-23-8-4-9-25-18(19(23)26)13-17(22-25)15-6-10-24(11-7-15)20(27)21-14-16-5-3-12-28-16/h13,15-16H,2-12,14H2,1H3,(H,21,27). The number of rotatable bonds is 4. The minimum absolute atomic E-state index is 0.00309. The Labute approximate surface area is 166 Å². The van der Waals surface area contributed by atoms with Crippen LogP contribution < -0.4 is 5.32 Å². The van der Waals surface area contributed by atoms with Crippen molar-refractivity contribution in [2.75, 3.05) is 39.3 Å². The summed E-state index contributed by atoms with van der Waals surface area (Å²) in [6, 6.07) is 1.98. The van der Waals surface area contributed by atoms with Gasteiger partial charge in [-0.1, -0.05) is 0 Å². The zero-order valence-corrected chi connectivity index (χ0v) is 16.7. The van der Waals surface area contributed by atoms with Gasteiger partial charge in [0.25, 0.3) is 5.91 Å². The molecule has 28 heavy (non-hydrogen) atoms. The second-order valence-electron chi connectivity index (χ2n) is 8.00. The molecule has 0 aromatic carbocycles. The van der Waals surface area contributed by atoms with Crippen LogP contribution in [0, 0.1) is 0 Å². The average Bonchev–Trinajstić information content (AvgIpc) is 3.36. The third kappa shape index (κ3) is 4.01. The maximum Gasteiger partial charge on any atom is 0.317 e. The van der Waals surface area contributed by atoms with Crippen LogP contribution in [-0.4, -0.2) is 77.0 Å². The number of hydrogen-bond acceptors (Lipinski definition) is 4. The second-order valence-corrected chi connectivity index (χ2v) is 8.00. The predicted octanol–water partition coefficient (Wildman–Crippen LogP) is 1.82. The molecule has 3 aliphatic heterocycles. The first-order valence-electron chi connectivity index (χ1n) is 10.7. The van der Waals surface area contributed by atoms with E-state index in [1.54, 1.807) is 0 Å². The summed E-state index contributed by atoms with van der Waals surface area (Å²) in [6.07, 6.45) is 4.99. The summed E-state index contributed by atoms with van der Waals surface area (Å²) < 4.78 is 7.45. The summed E-state index contributed by atoms with van der Waals surface area (Å²) in [7, 11) is 0. The molecule has 4 rings (SSSR count). The highest BCUT2D eigenvalue weighted by Gasteiger charge is 2.29. The highest BCUT2D eigenvalue weighted by molar-refractivity contribution is 5.93. The van der Waals surface area contributed by atoms with Gasteiger partial charge < -0.3 is 19.9 Å². The number of carbonyl (C=O) groups excluding carboxylic acids is 2. The van der Waals surface area contributed by atoms with E-state index >= 15 is 0 Å². The Morgan fingerprint density at radius 2 is 2.04 bits per heavy atom. The van der Waals surface area contributed by atoms with E-state index in [1.807, 2.05) is 27.5 Å². The number of aromatic nitrogens is 2.